The van der Waals surface area contributed by atoms with E-state index in [0.717, 1.165) is 25.6 Å². The maximum Gasteiger partial charge on any atom is 0.191 e. The average molecular weight is 259 g/mol. The summed E-state index contributed by atoms with van der Waals surface area (Å²) in [5.41, 5.74) is 6.05. The fraction of sp³-hybridized carbons (Fsp3) is 0.909. The van der Waals surface area contributed by atoms with Crippen LogP contribution in [0.3, 0.4) is 0 Å². The molecular formula is C11H21N3S2. The highest BCUT2D eigenvalue weighted by molar-refractivity contribution is 8.00. The first-order chi connectivity index (χ1) is 7.76. The van der Waals surface area contributed by atoms with Gasteiger partial charge in [-0.25, -0.2) is 0 Å². The van der Waals surface area contributed by atoms with E-state index in [4.69, 9.17) is 5.73 Å². The van der Waals surface area contributed by atoms with Gasteiger partial charge < -0.3 is 10.6 Å². The molecule has 1 saturated carbocycles. The summed E-state index contributed by atoms with van der Waals surface area (Å²) >= 11 is 3.97. The molecule has 1 heterocycles. The van der Waals surface area contributed by atoms with Gasteiger partial charge in [0, 0.05) is 29.3 Å². The van der Waals surface area contributed by atoms with Gasteiger partial charge in [0.05, 0.1) is 6.54 Å². The molecule has 0 unspecified atom stereocenters. The largest absolute Gasteiger partial charge is 0.370 e. The van der Waals surface area contributed by atoms with E-state index in [1.165, 1.54) is 30.8 Å². The molecule has 1 saturated heterocycles. The molecule has 1 aliphatic heterocycles. The van der Waals surface area contributed by atoms with Gasteiger partial charge in [0.2, 0.25) is 0 Å². The standard InChI is InChI=1S/C11H21N3S2/c1-15-11(3-2-4-11)9-13-10(12)14-5-7-16-8-6-14/h2-9H2,1H3,(H2,12,13). The lowest BCUT2D eigenvalue weighted by atomic mass is 9.84. The monoisotopic (exact) mass is 259 g/mol. The van der Waals surface area contributed by atoms with Gasteiger partial charge in [-0.2, -0.15) is 23.5 Å². The summed E-state index contributed by atoms with van der Waals surface area (Å²) < 4.78 is 0.412. The van der Waals surface area contributed by atoms with E-state index in [1.54, 1.807) is 0 Å². The molecule has 2 aliphatic rings. The van der Waals surface area contributed by atoms with Crippen LogP contribution < -0.4 is 5.73 Å². The molecule has 0 atom stereocenters. The quantitative estimate of drug-likeness (QED) is 0.618. The second kappa shape index (κ2) is 5.54. The summed E-state index contributed by atoms with van der Waals surface area (Å²) in [4.78, 5) is 6.83. The Bertz CT molecular complexity index is 252. The van der Waals surface area contributed by atoms with Crippen molar-refractivity contribution in [1.29, 1.82) is 0 Å². The number of hydrogen-bond donors (Lipinski definition) is 1. The van der Waals surface area contributed by atoms with Gasteiger partial charge in [-0.05, 0) is 19.1 Å². The van der Waals surface area contributed by atoms with Crippen LogP contribution in [0.25, 0.3) is 0 Å². The molecule has 0 aromatic carbocycles. The Hall–Kier alpha value is -0.0300. The molecule has 0 bridgehead atoms. The topological polar surface area (TPSA) is 41.6 Å². The van der Waals surface area contributed by atoms with E-state index in [-0.39, 0.29) is 0 Å². The predicted octanol–water partition coefficient (Wildman–Crippen LogP) is 1.64. The van der Waals surface area contributed by atoms with Crippen LogP contribution in [0, 0.1) is 0 Å². The van der Waals surface area contributed by atoms with Crippen LogP contribution in [0.2, 0.25) is 0 Å². The lowest BCUT2D eigenvalue weighted by molar-refractivity contribution is 0.369. The molecule has 2 rings (SSSR count). The minimum Gasteiger partial charge on any atom is -0.370 e. The van der Waals surface area contributed by atoms with Gasteiger partial charge in [0.1, 0.15) is 0 Å². The van der Waals surface area contributed by atoms with Crippen molar-refractivity contribution in [3.63, 3.8) is 0 Å². The van der Waals surface area contributed by atoms with E-state index in [2.05, 4.69) is 16.1 Å². The Kier molecular flexibility index (Phi) is 4.30. The molecule has 2 N–H and O–H groups in total. The first-order valence-corrected chi connectivity index (χ1v) is 8.31. The Morgan fingerprint density at radius 3 is 2.62 bits per heavy atom. The smallest absolute Gasteiger partial charge is 0.191 e. The summed E-state index contributed by atoms with van der Waals surface area (Å²) in [5, 5.41) is 0. The summed E-state index contributed by atoms with van der Waals surface area (Å²) in [6, 6.07) is 0. The number of rotatable bonds is 3. The molecule has 0 radical (unpaired) electrons. The maximum absolute atomic E-state index is 6.05. The van der Waals surface area contributed by atoms with Gasteiger partial charge in [0.25, 0.3) is 0 Å². The van der Waals surface area contributed by atoms with Crippen LogP contribution in [0.5, 0.6) is 0 Å². The number of nitrogens with two attached hydrogens (primary N) is 1. The fourth-order valence-corrected chi connectivity index (χ4v) is 3.91. The highest BCUT2D eigenvalue weighted by Gasteiger charge is 2.36. The highest BCUT2D eigenvalue weighted by Crippen LogP contribution is 2.42. The average Bonchev–Trinajstić information content (AvgIpc) is 2.29. The zero-order valence-corrected chi connectivity index (χ0v) is 11.6. The SMILES string of the molecule is CSC1(CN=C(N)N2CCSCC2)CCC1. The molecule has 0 aromatic rings. The summed E-state index contributed by atoms with van der Waals surface area (Å²) in [6.07, 6.45) is 6.17. The number of aliphatic imine (C=N–C) groups is 1. The van der Waals surface area contributed by atoms with Crippen LogP contribution in [0.4, 0.5) is 0 Å². The van der Waals surface area contributed by atoms with Gasteiger partial charge in [0.15, 0.2) is 5.96 Å². The lowest BCUT2D eigenvalue weighted by Crippen LogP contribution is -2.44. The Balaban J connectivity index is 1.85. The van der Waals surface area contributed by atoms with Crippen molar-refractivity contribution in [3.05, 3.63) is 0 Å². The van der Waals surface area contributed by atoms with E-state index in [1.807, 2.05) is 23.5 Å². The molecule has 16 heavy (non-hydrogen) atoms. The summed E-state index contributed by atoms with van der Waals surface area (Å²) in [5.74, 6) is 3.13. The zero-order valence-electron chi connectivity index (χ0n) is 9.95. The maximum atomic E-state index is 6.05. The van der Waals surface area contributed by atoms with Crippen LogP contribution in [0.15, 0.2) is 4.99 Å². The molecule has 1 aliphatic carbocycles. The first kappa shape index (κ1) is 12.4. The Morgan fingerprint density at radius 2 is 2.12 bits per heavy atom. The normalized spacial score (nSPS) is 25.3. The highest BCUT2D eigenvalue weighted by atomic mass is 32.2. The fourth-order valence-electron chi connectivity index (χ4n) is 2.12. The van der Waals surface area contributed by atoms with Crippen molar-refractivity contribution in [3.8, 4) is 0 Å². The van der Waals surface area contributed by atoms with Crippen LogP contribution in [-0.2, 0) is 0 Å². The van der Waals surface area contributed by atoms with E-state index < -0.39 is 0 Å². The van der Waals surface area contributed by atoms with Crippen LogP contribution >= 0.6 is 23.5 Å². The van der Waals surface area contributed by atoms with Crippen molar-refractivity contribution in [1.82, 2.24) is 4.90 Å². The van der Waals surface area contributed by atoms with Crippen molar-refractivity contribution >= 4 is 29.5 Å². The van der Waals surface area contributed by atoms with Gasteiger partial charge in [-0.15, -0.1) is 0 Å². The third-order valence-electron chi connectivity index (χ3n) is 3.56. The Labute approximate surface area is 107 Å². The van der Waals surface area contributed by atoms with Crippen molar-refractivity contribution in [2.45, 2.75) is 24.0 Å². The lowest BCUT2D eigenvalue weighted by Gasteiger charge is -2.39. The van der Waals surface area contributed by atoms with Crippen molar-refractivity contribution < 1.29 is 0 Å². The third kappa shape index (κ3) is 2.80. The summed E-state index contributed by atoms with van der Waals surface area (Å²) in [6.45, 7) is 3.03. The Morgan fingerprint density at radius 1 is 1.44 bits per heavy atom. The molecule has 2 fully saturated rings. The number of thioether (sulfide) groups is 2. The molecule has 0 aromatic heterocycles. The van der Waals surface area contributed by atoms with Gasteiger partial charge in [-0.1, -0.05) is 6.42 Å². The second-order valence-electron chi connectivity index (χ2n) is 4.51. The number of hydrogen-bond acceptors (Lipinski definition) is 3. The van der Waals surface area contributed by atoms with Gasteiger partial charge in [-0.3, -0.25) is 4.99 Å². The summed E-state index contributed by atoms with van der Waals surface area (Å²) in [7, 11) is 0. The van der Waals surface area contributed by atoms with Crippen molar-refractivity contribution in [2.24, 2.45) is 10.7 Å². The van der Waals surface area contributed by atoms with Crippen molar-refractivity contribution in [2.75, 3.05) is 37.4 Å². The minimum atomic E-state index is 0.412. The molecule has 5 heteroatoms. The first-order valence-electron chi connectivity index (χ1n) is 5.93. The van der Waals surface area contributed by atoms with E-state index in [0.29, 0.717) is 4.75 Å². The molecule has 3 nitrogen and oxygen atoms in total. The zero-order chi connectivity index (χ0) is 11.4. The molecular weight excluding hydrogens is 238 g/mol. The minimum absolute atomic E-state index is 0.412. The van der Waals surface area contributed by atoms with E-state index >= 15 is 0 Å². The van der Waals surface area contributed by atoms with Crippen LogP contribution in [0.1, 0.15) is 19.3 Å². The molecule has 92 valence electrons. The molecule has 0 amide bonds. The molecule has 0 spiro atoms. The van der Waals surface area contributed by atoms with Gasteiger partial charge >= 0.3 is 0 Å². The number of guanidine groups is 1. The second-order valence-corrected chi connectivity index (χ2v) is 7.01. The number of nitrogens with zero attached hydrogens (tertiary/aromatic N) is 2. The van der Waals surface area contributed by atoms with Crippen LogP contribution in [-0.4, -0.2) is 53.0 Å². The predicted molar refractivity (Wildman–Crippen MR) is 75.5 cm³/mol. The third-order valence-corrected chi connectivity index (χ3v) is 5.91. The van der Waals surface area contributed by atoms with E-state index in [9.17, 15) is 0 Å².